The second kappa shape index (κ2) is 7.37. The summed E-state index contributed by atoms with van der Waals surface area (Å²) >= 11 is 0. The number of imidazole rings is 1. The summed E-state index contributed by atoms with van der Waals surface area (Å²) in [5.41, 5.74) is 7.91. The van der Waals surface area contributed by atoms with Crippen molar-refractivity contribution in [2.45, 2.75) is 38.3 Å². The first kappa shape index (κ1) is 17.5. The highest BCUT2D eigenvalue weighted by atomic mass is 16.2. The number of benzene rings is 1. The van der Waals surface area contributed by atoms with Crippen LogP contribution < -0.4 is 5.73 Å². The average molecular weight is 355 g/mol. The molecule has 2 saturated heterocycles. The van der Waals surface area contributed by atoms with Gasteiger partial charge in [-0.1, -0.05) is 12.1 Å². The number of piperidine rings is 2. The Morgan fingerprint density at radius 2 is 2.12 bits per heavy atom. The fourth-order valence-corrected chi connectivity index (χ4v) is 4.66. The van der Waals surface area contributed by atoms with Crippen LogP contribution in [-0.2, 0) is 18.4 Å². The standard InChI is InChI=1S/C20H29N5O/c1-23-18-6-3-2-5-16(18)22-19(23)14-24-12-9-17-15(13-24)7-8-20(26)25(17)11-4-10-21/h2-3,5-6,15,17H,4,7-14,21H2,1H3/t15-,17+/m0/s1. The van der Waals surface area contributed by atoms with Gasteiger partial charge in [0.25, 0.3) is 0 Å². The number of nitrogens with two attached hydrogens (primary N) is 1. The highest BCUT2D eigenvalue weighted by Crippen LogP contribution is 2.32. The van der Waals surface area contributed by atoms with E-state index < -0.39 is 0 Å². The first-order valence-electron chi connectivity index (χ1n) is 9.79. The van der Waals surface area contributed by atoms with Gasteiger partial charge in [0.05, 0.1) is 17.6 Å². The second-order valence-electron chi connectivity index (χ2n) is 7.70. The lowest BCUT2D eigenvalue weighted by molar-refractivity contribution is -0.141. The van der Waals surface area contributed by atoms with E-state index in [1.54, 1.807) is 0 Å². The molecule has 0 unspecified atom stereocenters. The number of aryl methyl sites for hydroxylation is 1. The Morgan fingerprint density at radius 1 is 1.27 bits per heavy atom. The smallest absolute Gasteiger partial charge is 0.222 e. The summed E-state index contributed by atoms with van der Waals surface area (Å²) in [5.74, 6) is 2.02. The molecular weight excluding hydrogens is 326 g/mol. The van der Waals surface area contributed by atoms with E-state index in [9.17, 15) is 4.79 Å². The normalized spacial score (nSPS) is 24.2. The largest absolute Gasteiger partial charge is 0.339 e. The van der Waals surface area contributed by atoms with Crippen molar-refractivity contribution < 1.29 is 4.79 Å². The van der Waals surface area contributed by atoms with Crippen LogP contribution in [0.15, 0.2) is 24.3 Å². The van der Waals surface area contributed by atoms with Crippen molar-refractivity contribution in [1.82, 2.24) is 19.4 Å². The lowest BCUT2D eigenvalue weighted by atomic mass is 9.83. The summed E-state index contributed by atoms with van der Waals surface area (Å²) in [4.78, 5) is 21.8. The molecule has 1 aromatic heterocycles. The maximum Gasteiger partial charge on any atom is 0.222 e. The number of aromatic nitrogens is 2. The summed E-state index contributed by atoms with van der Waals surface area (Å²) in [5, 5.41) is 0. The molecule has 0 radical (unpaired) electrons. The maximum absolute atomic E-state index is 12.3. The van der Waals surface area contributed by atoms with E-state index in [0.29, 0.717) is 30.8 Å². The molecule has 2 atom stereocenters. The quantitative estimate of drug-likeness (QED) is 0.887. The molecule has 1 aromatic carbocycles. The lowest BCUT2D eigenvalue weighted by Crippen LogP contribution is -2.56. The van der Waals surface area contributed by atoms with Gasteiger partial charge < -0.3 is 15.2 Å². The van der Waals surface area contributed by atoms with Crippen molar-refractivity contribution in [3.63, 3.8) is 0 Å². The molecule has 2 fully saturated rings. The molecule has 140 valence electrons. The van der Waals surface area contributed by atoms with Crippen LogP contribution in [-0.4, -0.2) is 57.5 Å². The van der Waals surface area contributed by atoms with E-state index in [0.717, 1.165) is 56.8 Å². The zero-order valence-electron chi connectivity index (χ0n) is 15.6. The van der Waals surface area contributed by atoms with Gasteiger partial charge >= 0.3 is 0 Å². The zero-order chi connectivity index (χ0) is 18.1. The van der Waals surface area contributed by atoms with Gasteiger partial charge in [-0.3, -0.25) is 9.69 Å². The van der Waals surface area contributed by atoms with Gasteiger partial charge in [0.1, 0.15) is 5.82 Å². The first-order chi connectivity index (χ1) is 12.7. The number of nitrogens with zero attached hydrogens (tertiary/aromatic N) is 4. The average Bonchev–Trinajstić information content (AvgIpc) is 2.97. The molecule has 0 bridgehead atoms. The van der Waals surface area contributed by atoms with Crippen LogP contribution in [0.25, 0.3) is 11.0 Å². The van der Waals surface area contributed by atoms with Gasteiger partial charge in [-0.2, -0.15) is 0 Å². The summed E-state index contributed by atoms with van der Waals surface area (Å²) in [7, 11) is 2.10. The molecule has 2 aliphatic rings. The second-order valence-corrected chi connectivity index (χ2v) is 7.70. The first-order valence-corrected chi connectivity index (χ1v) is 9.79. The molecule has 2 aromatic rings. The Labute approximate surface area is 155 Å². The van der Waals surface area contributed by atoms with E-state index in [2.05, 4.69) is 39.6 Å². The number of para-hydroxylation sites is 2. The monoisotopic (exact) mass is 355 g/mol. The molecule has 3 heterocycles. The molecule has 2 aliphatic heterocycles. The van der Waals surface area contributed by atoms with Gasteiger partial charge in [0, 0.05) is 39.1 Å². The number of fused-ring (bicyclic) bond motifs is 2. The van der Waals surface area contributed by atoms with Crippen LogP contribution in [0.1, 0.15) is 31.5 Å². The number of rotatable bonds is 5. The van der Waals surface area contributed by atoms with Crippen molar-refractivity contribution in [2.75, 3.05) is 26.2 Å². The third kappa shape index (κ3) is 3.23. The van der Waals surface area contributed by atoms with Crippen molar-refractivity contribution in [1.29, 1.82) is 0 Å². The fraction of sp³-hybridized carbons (Fsp3) is 0.600. The molecule has 6 nitrogen and oxygen atoms in total. The molecular formula is C20H29N5O. The number of carbonyl (C=O) groups excluding carboxylic acids is 1. The van der Waals surface area contributed by atoms with Crippen LogP contribution in [0, 0.1) is 5.92 Å². The van der Waals surface area contributed by atoms with E-state index in [-0.39, 0.29) is 0 Å². The summed E-state index contributed by atoms with van der Waals surface area (Å²) in [6, 6.07) is 8.71. The molecule has 26 heavy (non-hydrogen) atoms. The van der Waals surface area contributed by atoms with Gasteiger partial charge in [0.15, 0.2) is 0 Å². The summed E-state index contributed by atoms with van der Waals surface area (Å²) in [6.45, 7) is 4.43. The molecule has 0 spiro atoms. The predicted molar refractivity (Wildman–Crippen MR) is 103 cm³/mol. The topological polar surface area (TPSA) is 67.4 Å². The lowest BCUT2D eigenvalue weighted by Gasteiger charge is -2.47. The SMILES string of the molecule is Cn1c(CN2CC[C@@H]3[C@@H](CCC(=O)N3CCCN)C2)nc2ccccc21. The highest BCUT2D eigenvalue weighted by Gasteiger charge is 2.39. The minimum absolute atomic E-state index is 0.323. The van der Waals surface area contributed by atoms with Gasteiger partial charge in [-0.05, 0) is 43.9 Å². The van der Waals surface area contributed by atoms with Crippen LogP contribution in [0.3, 0.4) is 0 Å². The van der Waals surface area contributed by atoms with Crippen LogP contribution in [0.4, 0.5) is 0 Å². The van der Waals surface area contributed by atoms with Gasteiger partial charge in [-0.15, -0.1) is 0 Å². The Bertz CT molecular complexity index is 786. The van der Waals surface area contributed by atoms with Crippen molar-refractivity contribution >= 4 is 16.9 Å². The number of hydrogen-bond donors (Lipinski definition) is 1. The van der Waals surface area contributed by atoms with Crippen molar-refractivity contribution in [3.05, 3.63) is 30.1 Å². The zero-order valence-corrected chi connectivity index (χ0v) is 15.6. The minimum atomic E-state index is 0.323. The third-order valence-electron chi connectivity index (χ3n) is 6.08. The van der Waals surface area contributed by atoms with E-state index in [1.165, 1.54) is 5.52 Å². The van der Waals surface area contributed by atoms with Crippen molar-refractivity contribution in [3.8, 4) is 0 Å². The molecule has 1 amide bonds. The fourth-order valence-electron chi connectivity index (χ4n) is 4.66. The van der Waals surface area contributed by atoms with Crippen LogP contribution in [0.5, 0.6) is 0 Å². The molecule has 0 aliphatic carbocycles. The Hall–Kier alpha value is -1.92. The Kier molecular flexibility index (Phi) is 4.96. The van der Waals surface area contributed by atoms with E-state index in [4.69, 9.17) is 10.7 Å². The molecule has 2 N–H and O–H groups in total. The predicted octanol–water partition coefficient (Wildman–Crippen LogP) is 1.74. The number of hydrogen-bond acceptors (Lipinski definition) is 4. The molecule has 6 heteroatoms. The Balaban J connectivity index is 1.45. The number of carbonyl (C=O) groups is 1. The number of likely N-dealkylation sites (tertiary alicyclic amines) is 2. The highest BCUT2D eigenvalue weighted by molar-refractivity contribution is 5.77. The maximum atomic E-state index is 12.3. The number of amides is 1. The molecule has 0 saturated carbocycles. The summed E-state index contributed by atoms with van der Waals surface area (Å²) in [6.07, 6.45) is 3.66. The Morgan fingerprint density at radius 3 is 2.92 bits per heavy atom. The van der Waals surface area contributed by atoms with Crippen LogP contribution in [0.2, 0.25) is 0 Å². The van der Waals surface area contributed by atoms with Gasteiger partial charge in [0.2, 0.25) is 5.91 Å². The van der Waals surface area contributed by atoms with E-state index in [1.807, 2.05) is 6.07 Å². The van der Waals surface area contributed by atoms with Crippen molar-refractivity contribution in [2.24, 2.45) is 18.7 Å². The molecule has 4 rings (SSSR count). The summed E-state index contributed by atoms with van der Waals surface area (Å²) < 4.78 is 2.21. The third-order valence-corrected chi connectivity index (χ3v) is 6.08. The van der Waals surface area contributed by atoms with E-state index >= 15 is 0 Å². The minimum Gasteiger partial charge on any atom is -0.339 e. The van der Waals surface area contributed by atoms with Gasteiger partial charge in [-0.25, -0.2) is 4.98 Å². The van der Waals surface area contributed by atoms with Crippen LogP contribution >= 0.6 is 0 Å².